The number of amides is 1. The van der Waals surface area contributed by atoms with E-state index < -0.39 is 17.6 Å². The van der Waals surface area contributed by atoms with Crippen LogP contribution in [0.3, 0.4) is 0 Å². The van der Waals surface area contributed by atoms with Crippen molar-refractivity contribution in [3.8, 4) is 0 Å². The number of hydrogen-bond donors (Lipinski definition) is 2. The fourth-order valence-electron chi connectivity index (χ4n) is 3.01. The molecule has 5 nitrogen and oxygen atoms in total. The lowest BCUT2D eigenvalue weighted by molar-refractivity contribution is -0.136. The molecule has 3 rings (SSSR count). The van der Waals surface area contributed by atoms with Gasteiger partial charge in [-0.15, -0.1) is 10.2 Å². The fraction of sp³-hybridized carbons (Fsp3) is 0.389. The van der Waals surface area contributed by atoms with Gasteiger partial charge in [-0.25, -0.2) is 0 Å². The molecule has 0 atom stereocenters. The number of hydrogen-bond acceptors (Lipinski definition) is 4. The Morgan fingerprint density at radius 1 is 1.00 bits per heavy atom. The van der Waals surface area contributed by atoms with Crippen LogP contribution in [0.15, 0.2) is 36.4 Å². The largest absolute Gasteiger partial charge is 0.418 e. The molecule has 2 aromatic rings. The molecule has 138 valence electrons. The lowest BCUT2D eigenvalue weighted by Crippen LogP contribution is -2.23. The van der Waals surface area contributed by atoms with Gasteiger partial charge in [0.05, 0.1) is 11.3 Å². The van der Waals surface area contributed by atoms with E-state index in [1.165, 1.54) is 43.5 Å². The highest BCUT2D eigenvalue weighted by molar-refractivity contribution is 6.03. The second-order valence-corrected chi connectivity index (χ2v) is 6.28. The van der Waals surface area contributed by atoms with Gasteiger partial charge in [0, 0.05) is 6.04 Å². The number of carbonyl (C=O) groups excluding carboxylic acids is 1. The first-order chi connectivity index (χ1) is 12.4. The molecule has 1 fully saturated rings. The molecule has 8 heteroatoms. The number of anilines is 2. The lowest BCUT2D eigenvalue weighted by atomic mass is 9.95. The predicted octanol–water partition coefficient (Wildman–Crippen LogP) is 4.49. The van der Waals surface area contributed by atoms with Gasteiger partial charge in [-0.05, 0) is 37.1 Å². The van der Waals surface area contributed by atoms with Crippen LogP contribution in [0.4, 0.5) is 24.7 Å². The molecule has 0 unspecified atom stereocenters. The predicted molar refractivity (Wildman–Crippen MR) is 91.9 cm³/mol. The van der Waals surface area contributed by atoms with E-state index in [1.54, 1.807) is 6.07 Å². The molecule has 26 heavy (non-hydrogen) atoms. The van der Waals surface area contributed by atoms with E-state index in [4.69, 9.17) is 0 Å². The van der Waals surface area contributed by atoms with Crippen molar-refractivity contribution in [2.24, 2.45) is 0 Å². The molecule has 1 aromatic heterocycles. The minimum Gasteiger partial charge on any atom is -0.366 e. The average Bonchev–Trinajstić information content (AvgIpc) is 2.63. The molecule has 1 heterocycles. The third-order valence-corrected chi connectivity index (χ3v) is 4.34. The third kappa shape index (κ3) is 4.50. The first-order valence-electron chi connectivity index (χ1n) is 8.51. The van der Waals surface area contributed by atoms with Gasteiger partial charge in [-0.3, -0.25) is 4.79 Å². The molecule has 1 saturated carbocycles. The maximum Gasteiger partial charge on any atom is 0.418 e. The van der Waals surface area contributed by atoms with Crippen LogP contribution >= 0.6 is 0 Å². The van der Waals surface area contributed by atoms with Gasteiger partial charge in [-0.1, -0.05) is 31.4 Å². The molecular formula is C18H19F3N4O. The molecule has 0 saturated heterocycles. The number of aromatic nitrogens is 2. The highest BCUT2D eigenvalue weighted by Crippen LogP contribution is 2.34. The van der Waals surface area contributed by atoms with E-state index in [2.05, 4.69) is 20.8 Å². The van der Waals surface area contributed by atoms with Gasteiger partial charge in [0.15, 0.2) is 5.69 Å². The molecule has 2 N–H and O–H groups in total. The first-order valence-corrected chi connectivity index (χ1v) is 8.51. The van der Waals surface area contributed by atoms with E-state index in [1.807, 2.05) is 0 Å². The molecule has 1 amide bonds. The second-order valence-electron chi connectivity index (χ2n) is 6.28. The van der Waals surface area contributed by atoms with Gasteiger partial charge in [0.2, 0.25) is 0 Å². The lowest BCUT2D eigenvalue weighted by Gasteiger charge is -2.22. The van der Waals surface area contributed by atoms with E-state index >= 15 is 0 Å². The zero-order chi connectivity index (χ0) is 18.6. The standard InChI is InChI=1S/C18H19F3N4O/c19-18(20,21)13-8-4-5-9-14(13)23-17(26)15-10-11-16(25-24-15)22-12-6-2-1-3-7-12/h4-5,8-12H,1-3,6-7H2,(H,22,25)(H,23,26). The van der Waals surface area contributed by atoms with E-state index in [-0.39, 0.29) is 11.4 Å². The van der Waals surface area contributed by atoms with Gasteiger partial charge in [0.1, 0.15) is 5.82 Å². The molecular weight excluding hydrogens is 345 g/mol. The number of carbonyl (C=O) groups is 1. The summed E-state index contributed by atoms with van der Waals surface area (Å²) in [6.45, 7) is 0. The minimum atomic E-state index is -4.55. The van der Waals surface area contributed by atoms with Gasteiger partial charge < -0.3 is 10.6 Å². The van der Waals surface area contributed by atoms with Gasteiger partial charge >= 0.3 is 6.18 Å². The zero-order valence-corrected chi connectivity index (χ0v) is 14.0. The summed E-state index contributed by atoms with van der Waals surface area (Å²) in [4.78, 5) is 12.2. The molecule has 0 radical (unpaired) electrons. The third-order valence-electron chi connectivity index (χ3n) is 4.34. The Morgan fingerprint density at radius 3 is 2.38 bits per heavy atom. The van der Waals surface area contributed by atoms with Crippen LogP contribution in [0.1, 0.15) is 48.2 Å². The Hall–Kier alpha value is -2.64. The number of alkyl halides is 3. The Bertz CT molecular complexity index is 756. The Kier molecular flexibility index (Phi) is 5.39. The molecule has 1 aliphatic carbocycles. The second kappa shape index (κ2) is 7.72. The topological polar surface area (TPSA) is 66.9 Å². The van der Waals surface area contributed by atoms with Crippen LogP contribution < -0.4 is 10.6 Å². The van der Waals surface area contributed by atoms with Gasteiger partial charge in [-0.2, -0.15) is 13.2 Å². The highest BCUT2D eigenvalue weighted by atomic mass is 19.4. The Balaban J connectivity index is 1.67. The van der Waals surface area contributed by atoms with Crippen molar-refractivity contribution in [3.05, 3.63) is 47.7 Å². The van der Waals surface area contributed by atoms with Gasteiger partial charge in [0.25, 0.3) is 5.91 Å². The SMILES string of the molecule is O=C(Nc1ccccc1C(F)(F)F)c1ccc(NC2CCCCC2)nn1. The van der Waals surface area contributed by atoms with Crippen molar-refractivity contribution in [2.75, 3.05) is 10.6 Å². The van der Waals surface area contributed by atoms with Crippen molar-refractivity contribution in [3.63, 3.8) is 0 Å². The summed E-state index contributed by atoms with van der Waals surface area (Å²) in [5.41, 5.74) is -1.26. The van der Waals surface area contributed by atoms with Crippen molar-refractivity contribution < 1.29 is 18.0 Å². The maximum absolute atomic E-state index is 13.0. The van der Waals surface area contributed by atoms with Crippen LogP contribution in [0.2, 0.25) is 0 Å². The smallest absolute Gasteiger partial charge is 0.366 e. The van der Waals surface area contributed by atoms with Crippen molar-refractivity contribution in [1.29, 1.82) is 0 Å². The Morgan fingerprint density at radius 2 is 1.73 bits per heavy atom. The first kappa shape index (κ1) is 18.2. The fourth-order valence-corrected chi connectivity index (χ4v) is 3.01. The summed E-state index contributed by atoms with van der Waals surface area (Å²) in [6, 6.07) is 8.22. The average molecular weight is 364 g/mol. The van der Waals surface area contributed by atoms with Crippen LogP contribution in [0.25, 0.3) is 0 Å². The molecule has 0 aliphatic heterocycles. The van der Waals surface area contributed by atoms with Crippen LogP contribution in [-0.4, -0.2) is 22.1 Å². The molecule has 1 aromatic carbocycles. The number of halogens is 3. The summed E-state index contributed by atoms with van der Waals surface area (Å²) >= 11 is 0. The van der Waals surface area contributed by atoms with E-state index in [0.29, 0.717) is 11.9 Å². The summed E-state index contributed by atoms with van der Waals surface area (Å²) in [5.74, 6) is -0.178. The van der Waals surface area contributed by atoms with Crippen LogP contribution in [-0.2, 0) is 6.18 Å². The van der Waals surface area contributed by atoms with E-state index in [0.717, 1.165) is 18.9 Å². The molecule has 0 bridgehead atoms. The monoisotopic (exact) mass is 364 g/mol. The van der Waals surface area contributed by atoms with Crippen molar-refractivity contribution >= 4 is 17.4 Å². The van der Waals surface area contributed by atoms with E-state index in [9.17, 15) is 18.0 Å². The Labute approximate surface area is 149 Å². The number of nitrogens with one attached hydrogen (secondary N) is 2. The number of benzene rings is 1. The quantitative estimate of drug-likeness (QED) is 0.839. The van der Waals surface area contributed by atoms with Crippen molar-refractivity contribution in [1.82, 2.24) is 10.2 Å². The summed E-state index contributed by atoms with van der Waals surface area (Å²) < 4.78 is 39.0. The number of nitrogens with zero attached hydrogens (tertiary/aromatic N) is 2. The normalized spacial score (nSPS) is 15.5. The van der Waals surface area contributed by atoms with Crippen LogP contribution in [0.5, 0.6) is 0 Å². The molecule has 0 spiro atoms. The summed E-state index contributed by atoms with van der Waals surface area (Å²) in [6.07, 6.45) is 1.16. The highest BCUT2D eigenvalue weighted by Gasteiger charge is 2.33. The summed E-state index contributed by atoms with van der Waals surface area (Å²) in [5, 5.41) is 13.3. The zero-order valence-electron chi connectivity index (χ0n) is 14.0. The van der Waals surface area contributed by atoms with Crippen LogP contribution in [0, 0.1) is 0 Å². The molecule has 1 aliphatic rings. The number of rotatable bonds is 4. The summed E-state index contributed by atoms with van der Waals surface area (Å²) in [7, 11) is 0. The van der Waals surface area contributed by atoms with Crippen molar-refractivity contribution in [2.45, 2.75) is 44.3 Å². The maximum atomic E-state index is 13.0. The number of para-hydroxylation sites is 1. The minimum absolute atomic E-state index is 0.0452.